The van der Waals surface area contributed by atoms with E-state index < -0.39 is 0 Å². The van der Waals surface area contributed by atoms with E-state index in [4.69, 9.17) is 14.7 Å². The van der Waals surface area contributed by atoms with E-state index in [1.807, 2.05) is 26.0 Å². The molecule has 1 aromatic carbocycles. The Hall–Kier alpha value is -2.61. The minimum Gasteiger partial charge on any atom is -0.496 e. The first kappa shape index (κ1) is 13.8. The lowest BCUT2D eigenvalue weighted by atomic mass is 10.0. The molecule has 0 bridgehead atoms. The van der Waals surface area contributed by atoms with Crippen molar-refractivity contribution in [3.8, 4) is 28.8 Å². The summed E-state index contributed by atoms with van der Waals surface area (Å²) in [5.74, 6) is 1.61. The summed E-state index contributed by atoms with van der Waals surface area (Å²) >= 11 is 0. The van der Waals surface area contributed by atoms with Crippen molar-refractivity contribution < 1.29 is 9.47 Å². The fourth-order valence-corrected chi connectivity index (χ4v) is 2.09. The highest BCUT2D eigenvalue weighted by Gasteiger charge is 2.16. The van der Waals surface area contributed by atoms with Crippen LogP contribution in [0, 0.1) is 25.2 Å². The maximum Gasteiger partial charge on any atom is 0.232 e. The summed E-state index contributed by atoms with van der Waals surface area (Å²) in [5, 5.41) is 8.90. The van der Waals surface area contributed by atoms with Gasteiger partial charge in [0.05, 0.1) is 19.9 Å². The summed E-state index contributed by atoms with van der Waals surface area (Å²) in [4.78, 5) is 8.09. The zero-order valence-corrected chi connectivity index (χ0v) is 11.9. The van der Waals surface area contributed by atoms with Gasteiger partial charge < -0.3 is 9.47 Å². The second-order valence-electron chi connectivity index (χ2n) is 4.29. The Morgan fingerprint density at radius 2 is 1.90 bits per heavy atom. The van der Waals surface area contributed by atoms with Crippen LogP contribution in [0.3, 0.4) is 0 Å². The molecule has 5 nitrogen and oxygen atoms in total. The molecule has 0 spiro atoms. The molecule has 5 heteroatoms. The third-order valence-corrected chi connectivity index (χ3v) is 3.25. The largest absolute Gasteiger partial charge is 0.496 e. The average Bonchev–Trinajstić information content (AvgIpc) is 2.49. The van der Waals surface area contributed by atoms with Gasteiger partial charge in [0.25, 0.3) is 0 Å². The SMILES string of the molecule is COc1cc(-c2ccnc(C#N)n2)c(OC)c(C)c1C. The quantitative estimate of drug-likeness (QED) is 0.856. The highest BCUT2D eigenvalue weighted by molar-refractivity contribution is 5.73. The number of rotatable bonds is 3. The Morgan fingerprint density at radius 1 is 1.15 bits per heavy atom. The molecule has 0 aliphatic heterocycles. The lowest BCUT2D eigenvalue weighted by Crippen LogP contribution is -1.99. The first-order valence-electron chi connectivity index (χ1n) is 6.08. The van der Waals surface area contributed by atoms with E-state index >= 15 is 0 Å². The monoisotopic (exact) mass is 269 g/mol. The molecule has 0 fully saturated rings. The van der Waals surface area contributed by atoms with Gasteiger partial charge in [0.15, 0.2) is 0 Å². The van der Waals surface area contributed by atoms with Crippen molar-refractivity contribution in [3.05, 3.63) is 35.3 Å². The average molecular weight is 269 g/mol. The van der Waals surface area contributed by atoms with Crippen LogP contribution in [0.4, 0.5) is 0 Å². The summed E-state index contributed by atoms with van der Waals surface area (Å²) in [5.41, 5.74) is 3.42. The first-order chi connectivity index (χ1) is 9.62. The lowest BCUT2D eigenvalue weighted by molar-refractivity contribution is 0.399. The molecule has 20 heavy (non-hydrogen) atoms. The third-order valence-electron chi connectivity index (χ3n) is 3.25. The number of nitrogens with zero attached hydrogens (tertiary/aromatic N) is 3. The maximum atomic E-state index is 8.90. The van der Waals surface area contributed by atoms with Gasteiger partial charge in [-0.1, -0.05) is 0 Å². The molecule has 2 aromatic rings. The van der Waals surface area contributed by atoms with E-state index in [9.17, 15) is 0 Å². The molecule has 0 radical (unpaired) electrons. The third kappa shape index (κ3) is 2.28. The molecular weight excluding hydrogens is 254 g/mol. The second kappa shape index (κ2) is 5.57. The van der Waals surface area contributed by atoms with Crippen LogP contribution in [0.15, 0.2) is 18.3 Å². The number of ether oxygens (including phenoxy) is 2. The Balaban J connectivity index is 2.72. The van der Waals surface area contributed by atoms with E-state index in [1.54, 1.807) is 26.5 Å². The zero-order chi connectivity index (χ0) is 14.7. The number of hydrogen-bond donors (Lipinski definition) is 0. The van der Waals surface area contributed by atoms with Gasteiger partial charge in [-0.2, -0.15) is 5.26 Å². The molecule has 0 aliphatic rings. The van der Waals surface area contributed by atoms with Crippen LogP contribution in [-0.2, 0) is 0 Å². The molecule has 0 amide bonds. The molecule has 1 aromatic heterocycles. The smallest absolute Gasteiger partial charge is 0.232 e. The second-order valence-corrected chi connectivity index (χ2v) is 4.29. The molecule has 0 saturated carbocycles. The van der Waals surface area contributed by atoms with E-state index in [0.29, 0.717) is 5.69 Å². The molecule has 0 saturated heterocycles. The van der Waals surface area contributed by atoms with Crippen LogP contribution in [0.1, 0.15) is 17.0 Å². The summed E-state index contributed by atoms with van der Waals surface area (Å²) < 4.78 is 10.9. The maximum absolute atomic E-state index is 8.90. The molecule has 2 rings (SSSR count). The van der Waals surface area contributed by atoms with Crippen LogP contribution in [0.2, 0.25) is 0 Å². The first-order valence-corrected chi connectivity index (χ1v) is 6.08. The normalized spacial score (nSPS) is 9.95. The van der Waals surface area contributed by atoms with Crippen LogP contribution in [-0.4, -0.2) is 24.2 Å². The van der Waals surface area contributed by atoms with Crippen LogP contribution in [0.25, 0.3) is 11.3 Å². The summed E-state index contributed by atoms with van der Waals surface area (Å²) in [6, 6.07) is 5.54. The highest BCUT2D eigenvalue weighted by atomic mass is 16.5. The Kier molecular flexibility index (Phi) is 3.85. The van der Waals surface area contributed by atoms with Crippen molar-refractivity contribution in [3.63, 3.8) is 0 Å². The number of nitriles is 1. The number of benzene rings is 1. The standard InChI is InChI=1S/C15H15N3O2/c1-9-10(2)15(20-4)11(7-13(9)19-3)12-5-6-17-14(8-16)18-12/h5-7H,1-4H3. The van der Waals surface area contributed by atoms with Gasteiger partial charge in [0, 0.05) is 11.8 Å². The topological polar surface area (TPSA) is 68.0 Å². The predicted molar refractivity (Wildman–Crippen MR) is 74.8 cm³/mol. The zero-order valence-electron chi connectivity index (χ0n) is 11.9. The van der Waals surface area contributed by atoms with Gasteiger partial charge in [-0.15, -0.1) is 0 Å². The Morgan fingerprint density at radius 3 is 2.50 bits per heavy atom. The van der Waals surface area contributed by atoms with Gasteiger partial charge in [0.2, 0.25) is 5.82 Å². The van der Waals surface area contributed by atoms with E-state index in [0.717, 1.165) is 28.2 Å². The van der Waals surface area contributed by atoms with Crippen molar-refractivity contribution in [2.45, 2.75) is 13.8 Å². The summed E-state index contributed by atoms with van der Waals surface area (Å²) in [7, 11) is 3.24. The number of methoxy groups -OCH3 is 2. The summed E-state index contributed by atoms with van der Waals surface area (Å²) in [6.07, 6.45) is 1.56. The Labute approximate surface area is 117 Å². The van der Waals surface area contributed by atoms with E-state index in [-0.39, 0.29) is 5.82 Å². The number of hydrogen-bond acceptors (Lipinski definition) is 5. The molecular formula is C15H15N3O2. The van der Waals surface area contributed by atoms with Crippen molar-refractivity contribution in [2.75, 3.05) is 14.2 Å². The van der Waals surface area contributed by atoms with Gasteiger partial charge >= 0.3 is 0 Å². The van der Waals surface area contributed by atoms with Gasteiger partial charge in [0.1, 0.15) is 17.6 Å². The predicted octanol–water partition coefficient (Wildman–Crippen LogP) is 2.65. The van der Waals surface area contributed by atoms with Crippen molar-refractivity contribution in [1.82, 2.24) is 9.97 Å². The Bertz CT molecular complexity index is 690. The van der Waals surface area contributed by atoms with Crippen molar-refractivity contribution >= 4 is 0 Å². The van der Waals surface area contributed by atoms with Crippen LogP contribution in [0.5, 0.6) is 11.5 Å². The summed E-state index contributed by atoms with van der Waals surface area (Å²) in [6.45, 7) is 3.94. The molecule has 1 heterocycles. The lowest BCUT2D eigenvalue weighted by Gasteiger charge is -2.16. The molecule has 102 valence electrons. The van der Waals surface area contributed by atoms with Crippen molar-refractivity contribution in [2.24, 2.45) is 0 Å². The van der Waals surface area contributed by atoms with Crippen LogP contribution >= 0.6 is 0 Å². The fourth-order valence-electron chi connectivity index (χ4n) is 2.09. The minimum absolute atomic E-state index is 0.127. The van der Waals surface area contributed by atoms with Crippen molar-refractivity contribution in [1.29, 1.82) is 5.26 Å². The number of aromatic nitrogens is 2. The molecule has 0 N–H and O–H groups in total. The van der Waals surface area contributed by atoms with E-state index in [2.05, 4.69) is 9.97 Å². The highest BCUT2D eigenvalue weighted by Crippen LogP contribution is 2.38. The van der Waals surface area contributed by atoms with Gasteiger partial charge in [-0.25, -0.2) is 9.97 Å². The minimum atomic E-state index is 0.127. The van der Waals surface area contributed by atoms with Crippen LogP contribution < -0.4 is 9.47 Å². The molecule has 0 aliphatic carbocycles. The fraction of sp³-hybridized carbons (Fsp3) is 0.267. The van der Waals surface area contributed by atoms with E-state index in [1.165, 1.54) is 0 Å². The van der Waals surface area contributed by atoms with Gasteiger partial charge in [-0.3, -0.25) is 0 Å². The molecule has 0 unspecified atom stereocenters. The van der Waals surface area contributed by atoms with Gasteiger partial charge in [-0.05, 0) is 37.1 Å². The molecule has 0 atom stereocenters.